The third-order valence-corrected chi connectivity index (χ3v) is 9.34. The summed E-state index contributed by atoms with van der Waals surface area (Å²) >= 11 is 0. The Morgan fingerprint density at radius 1 is 1.08 bits per heavy atom. The first kappa shape index (κ1) is 26.1. The maximum absolute atomic E-state index is 14.9. The zero-order valence-corrected chi connectivity index (χ0v) is 22.6. The number of carboxylic acid groups (broad SMARTS) is 1. The number of nitrogens with zero attached hydrogens (tertiary/aromatic N) is 2. The Bertz CT molecular complexity index is 1300. The van der Waals surface area contributed by atoms with Crippen LogP contribution >= 0.6 is 0 Å². The first-order valence-corrected chi connectivity index (χ1v) is 16.1. The monoisotopic (exact) mass is 544 g/mol. The summed E-state index contributed by atoms with van der Waals surface area (Å²) in [5, 5.41) is 9.12. The number of carbonyl (C=O) groups is 3. The van der Waals surface area contributed by atoms with Gasteiger partial charge in [-0.1, -0.05) is 25.7 Å². The molecule has 3 heterocycles. The quantitative estimate of drug-likeness (QED) is 0.560. The first-order valence-electron chi connectivity index (χ1n) is 12.6. The molecule has 202 valence electrons. The molecule has 38 heavy (non-hydrogen) atoms. The SMILES string of the molecule is C[Si](C)(C)c1c(F)cc(CC(=O)[C@H]2c3ccc4c(c3CCN2C(=O)N2CC(CC(=O)O)C2)OCO4)cc1F. The number of carbonyl (C=O) groups excluding carboxylic acids is 2. The molecule has 1 atom stereocenters. The predicted octanol–water partition coefficient (Wildman–Crippen LogP) is 3.48. The molecule has 8 nitrogen and oxygen atoms in total. The molecule has 2 aromatic carbocycles. The predicted molar refractivity (Wildman–Crippen MR) is 136 cm³/mol. The van der Waals surface area contributed by atoms with E-state index in [-0.39, 0.29) is 54.7 Å². The molecule has 2 amide bonds. The van der Waals surface area contributed by atoms with Gasteiger partial charge in [0.15, 0.2) is 17.3 Å². The highest BCUT2D eigenvalue weighted by molar-refractivity contribution is 6.88. The summed E-state index contributed by atoms with van der Waals surface area (Å²) in [7, 11) is -2.28. The number of likely N-dealkylation sites (tertiary alicyclic amines) is 1. The minimum Gasteiger partial charge on any atom is -0.481 e. The second-order valence-corrected chi connectivity index (χ2v) is 16.2. The Morgan fingerprint density at radius 2 is 1.76 bits per heavy atom. The van der Waals surface area contributed by atoms with E-state index in [1.54, 1.807) is 12.1 Å². The molecule has 1 fully saturated rings. The minimum absolute atomic E-state index is 0.0248. The summed E-state index contributed by atoms with van der Waals surface area (Å²) in [4.78, 5) is 41.3. The van der Waals surface area contributed by atoms with Gasteiger partial charge in [0.2, 0.25) is 6.79 Å². The molecule has 0 unspecified atom stereocenters. The molecule has 0 aliphatic carbocycles. The Morgan fingerprint density at radius 3 is 2.39 bits per heavy atom. The zero-order valence-electron chi connectivity index (χ0n) is 21.6. The van der Waals surface area contributed by atoms with Crippen molar-refractivity contribution >= 4 is 31.0 Å². The molecule has 3 aliphatic heterocycles. The fourth-order valence-corrected chi connectivity index (χ4v) is 7.25. The lowest BCUT2D eigenvalue weighted by Crippen LogP contribution is -2.57. The van der Waals surface area contributed by atoms with E-state index in [2.05, 4.69) is 0 Å². The van der Waals surface area contributed by atoms with Gasteiger partial charge in [0.25, 0.3) is 0 Å². The van der Waals surface area contributed by atoms with Gasteiger partial charge in [0.05, 0.1) is 14.5 Å². The van der Waals surface area contributed by atoms with E-state index in [4.69, 9.17) is 14.6 Å². The molecular formula is C27H30F2N2O6Si. The van der Waals surface area contributed by atoms with Gasteiger partial charge in [-0.05, 0) is 35.7 Å². The van der Waals surface area contributed by atoms with Gasteiger partial charge in [0, 0.05) is 42.7 Å². The van der Waals surface area contributed by atoms with E-state index in [9.17, 15) is 23.2 Å². The smallest absolute Gasteiger partial charge is 0.320 e. The van der Waals surface area contributed by atoms with Gasteiger partial charge in [0.1, 0.15) is 17.7 Å². The number of halogens is 2. The van der Waals surface area contributed by atoms with Crippen molar-refractivity contribution in [3.05, 3.63) is 52.6 Å². The lowest BCUT2D eigenvalue weighted by molar-refractivity contribution is -0.139. The molecule has 0 spiro atoms. The highest BCUT2D eigenvalue weighted by atomic mass is 28.3. The van der Waals surface area contributed by atoms with Gasteiger partial charge in [-0.25, -0.2) is 13.6 Å². The lowest BCUT2D eigenvalue weighted by Gasteiger charge is -2.45. The van der Waals surface area contributed by atoms with Gasteiger partial charge in [-0.3, -0.25) is 9.59 Å². The van der Waals surface area contributed by atoms with Crippen LogP contribution < -0.4 is 14.7 Å². The summed E-state index contributed by atoms with van der Waals surface area (Å²) in [6.45, 7) is 6.44. The standard InChI is InChI=1S/C27H30F2N2O6Si/c1-38(2,3)26-19(28)8-15(9-20(26)29)10-21(32)24-17-4-5-22-25(37-14-36-22)18(17)6-7-31(24)27(35)30-12-16(13-30)11-23(33)34/h4-5,8-9,16,24H,6-7,10-14H2,1-3H3,(H,33,34)/t24-/m1/s1. The molecule has 0 bridgehead atoms. The third-order valence-electron chi connectivity index (χ3n) is 7.36. The van der Waals surface area contributed by atoms with Gasteiger partial charge in [-0.15, -0.1) is 0 Å². The van der Waals surface area contributed by atoms with Gasteiger partial charge in [-0.2, -0.15) is 0 Å². The minimum atomic E-state index is -2.28. The van der Waals surface area contributed by atoms with Crippen molar-refractivity contribution in [2.24, 2.45) is 5.92 Å². The largest absolute Gasteiger partial charge is 0.481 e. The molecule has 3 aliphatic rings. The first-order chi connectivity index (χ1) is 17.9. The molecule has 0 saturated carbocycles. The van der Waals surface area contributed by atoms with Crippen molar-refractivity contribution in [2.75, 3.05) is 26.4 Å². The Kier molecular flexibility index (Phi) is 6.66. The average molecular weight is 545 g/mol. The maximum atomic E-state index is 14.9. The van der Waals surface area contributed by atoms with Crippen molar-refractivity contribution in [2.45, 2.75) is 44.9 Å². The van der Waals surface area contributed by atoms with E-state index in [1.165, 1.54) is 21.9 Å². The number of amides is 2. The highest BCUT2D eigenvalue weighted by Gasteiger charge is 2.43. The highest BCUT2D eigenvalue weighted by Crippen LogP contribution is 2.44. The molecule has 1 saturated heterocycles. The van der Waals surface area contributed by atoms with E-state index in [0.717, 1.165) is 5.56 Å². The molecule has 0 radical (unpaired) electrons. The normalized spacial score (nSPS) is 18.7. The molecule has 2 aromatic rings. The van der Waals surface area contributed by atoms with Crippen LogP contribution in [-0.2, 0) is 22.4 Å². The van der Waals surface area contributed by atoms with Gasteiger partial charge < -0.3 is 24.4 Å². The number of aliphatic carboxylic acids is 1. The van der Waals surface area contributed by atoms with Crippen molar-refractivity contribution in [3.63, 3.8) is 0 Å². The number of urea groups is 1. The number of benzene rings is 2. The van der Waals surface area contributed by atoms with E-state index >= 15 is 0 Å². The number of ether oxygens (including phenoxy) is 2. The van der Waals surface area contributed by atoms with Crippen molar-refractivity contribution < 1.29 is 37.7 Å². The van der Waals surface area contributed by atoms with Crippen LogP contribution in [0.1, 0.15) is 29.2 Å². The second kappa shape index (κ2) is 9.68. The second-order valence-electron chi connectivity index (χ2n) is 11.2. The Hall–Kier alpha value is -3.47. The molecule has 1 N–H and O–H groups in total. The van der Waals surface area contributed by atoms with Crippen LogP contribution in [0.4, 0.5) is 13.6 Å². The summed E-state index contributed by atoms with van der Waals surface area (Å²) in [5.41, 5.74) is 1.58. The van der Waals surface area contributed by atoms with Crippen molar-refractivity contribution in [3.8, 4) is 11.5 Å². The fourth-order valence-electron chi connectivity index (χ4n) is 5.67. The van der Waals surface area contributed by atoms with Crippen LogP contribution in [0.2, 0.25) is 19.6 Å². The third kappa shape index (κ3) is 4.75. The fraction of sp³-hybridized carbons (Fsp3) is 0.444. The molecule has 0 aromatic heterocycles. The van der Waals surface area contributed by atoms with Crippen LogP contribution in [0, 0.1) is 17.6 Å². The lowest BCUT2D eigenvalue weighted by atomic mass is 9.87. The number of hydrogen-bond acceptors (Lipinski definition) is 5. The van der Waals surface area contributed by atoms with Crippen molar-refractivity contribution in [1.82, 2.24) is 9.80 Å². The Balaban J connectivity index is 1.45. The Labute approximate surface area is 220 Å². The average Bonchev–Trinajstić information content (AvgIpc) is 3.27. The maximum Gasteiger partial charge on any atom is 0.320 e. The number of rotatable bonds is 6. The van der Waals surface area contributed by atoms with Crippen LogP contribution in [-0.4, -0.2) is 67.2 Å². The van der Waals surface area contributed by atoms with Crippen LogP contribution in [0.25, 0.3) is 0 Å². The summed E-state index contributed by atoms with van der Waals surface area (Å²) in [6.07, 6.45) is 0.157. The van der Waals surface area contributed by atoms with Crippen LogP contribution in [0.3, 0.4) is 0 Å². The zero-order chi connectivity index (χ0) is 27.4. The topological polar surface area (TPSA) is 96.4 Å². The molecule has 5 rings (SSSR count). The van der Waals surface area contributed by atoms with Crippen molar-refractivity contribution in [1.29, 1.82) is 0 Å². The van der Waals surface area contributed by atoms with E-state index in [0.29, 0.717) is 36.6 Å². The number of ketones is 1. The van der Waals surface area contributed by atoms with Crippen LogP contribution in [0.5, 0.6) is 11.5 Å². The number of fused-ring (bicyclic) bond motifs is 3. The summed E-state index contributed by atoms with van der Waals surface area (Å²) < 4.78 is 41.0. The van der Waals surface area contributed by atoms with E-state index in [1.807, 2.05) is 19.6 Å². The van der Waals surface area contributed by atoms with E-state index < -0.39 is 31.7 Å². The molecular weight excluding hydrogens is 514 g/mol. The summed E-state index contributed by atoms with van der Waals surface area (Å²) in [5.74, 6) is -1.62. The summed E-state index contributed by atoms with van der Waals surface area (Å²) in [6, 6.07) is 4.53. The number of hydrogen-bond donors (Lipinski definition) is 1. The molecule has 11 heteroatoms. The van der Waals surface area contributed by atoms with Gasteiger partial charge >= 0.3 is 12.0 Å². The number of carboxylic acids is 1. The van der Waals surface area contributed by atoms with Crippen LogP contribution in [0.15, 0.2) is 24.3 Å². The number of Topliss-reactive ketones (excluding diaryl/α,β-unsaturated/α-hetero) is 1.